The van der Waals surface area contributed by atoms with Crippen LogP contribution in [0.25, 0.3) is 0 Å². The van der Waals surface area contributed by atoms with Crippen LogP contribution < -0.4 is 5.32 Å². The molecule has 0 aliphatic heterocycles. The molecule has 1 atom stereocenters. The molecule has 0 heterocycles. The molecule has 1 unspecified atom stereocenters. The Hall–Kier alpha value is -2.22. The Morgan fingerprint density at radius 1 is 1.37 bits per heavy atom. The van der Waals surface area contributed by atoms with Crippen LogP contribution in [-0.2, 0) is 4.79 Å². The molecule has 19 heavy (non-hydrogen) atoms. The fourth-order valence-electron chi connectivity index (χ4n) is 1.35. The molecular weight excluding hydrogens is 252 g/mol. The fraction of sp³-hybridized carbons (Fsp3) is 0.286. The van der Waals surface area contributed by atoms with Gasteiger partial charge in [0.25, 0.3) is 12.3 Å². The topological polar surface area (TPSA) is 46.2 Å². The minimum absolute atomic E-state index is 0.240. The molecule has 0 bridgehead atoms. The molecule has 1 aromatic rings. The number of amides is 1. The second-order valence-electron chi connectivity index (χ2n) is 3.92. The average molecular weight is 265 g/mol. The third-order valence-corrected chi connectivity index (χ3v) is 2.30. The summed E-state index contributed by atoms with van der Waals surface area (Å²) in [6.07, 6.45) is -1.70. The van der Waals surface area contributed by atoms with E-state index in [-0.39, 0.29) is 18.4 Å². The van der Waals surface area contributed by atoms with Crippen molar-refractivity contribution < 1.29 is 18.4 Å². The molecule has 0 aliphatic rings. The molecule has 5 heteroatoms. The molecule has 0 aromatic heterocycles. The van der Waals surface area contributed by atoms with E-state index >= 15 is 0 Å². The number of alkyl halides is 2. The van der Waals surface area contributed by atoms with E-state index in [0.29, 0.717) is 11.1 Å². The van der Waals surface area contributed by atoms with Gasteiger partial charge in [0.15, 0.2) is 0 Å². The van der Waals surface area contributed by atoms with Crippen LogP contribution in [0.4, 0.5) is 8.78 Å². The van der Waals surface area contributed by atoms with Crippen LogP contribution >= 0.6 is 0 Å². The molecule has 0 saturated carbocycles. The van der Waals surface area contributed by atoms with Gasteiger partial charge in [-0.25, -0.2) is 0 Å². The molecule has 0 aliphatic carbocycles. The van der Waals surface area contributed by atoms with Gasteiger partial charge in [-0.3, -0.25) is 4.79 Å². The Balaban J connectivity index is 2.69. The van der Waals surface area contributed by atoms with E-state index in [9.17, 15) is 18.4 Å². The predicted octanol–water partition coefficient (Wildman–Crippen LogP) is 2.01. The SMILES string of the molecule is CC(CC=O)NC(=O)c1ccc(C#CC(F)F)cc1. The molecule has 0 fully saturated rings. The van der Waals surface area contributed by atoms with E-state index < -0.39 is 6.43 Å². The van der Waals surface area contributed by atoms with Crippen molar-refractivity contribution in [1.29, 1.82) is 0 Å². The number of nitrogens with one attached hydrogen (secondary N) is 1. The summed E-state index contributed by atoms with van der Waals surface area (Å²) in [4.78, 5) is 22.0. The van der Waals surface area contributed by atoms with Gasteiger partial charge in [-0.05, 0) is 37.1 Å². The lowest BCUT2D eigenvalue weighted by molar-refractivity contribution is -0.108. The number of aldehydes is 1. The van der Waals surface area contributed by atoms with Crippen LogP contribution in [0.2, 0.25) is 0 Å². The third kappa shape index (κ3) is 5.30. The number of rotatable bonds is 4. The average Bonchev–Trinajstić information content (AvgIpc) is 2.37. The Bertz CT molecular complexity index is 500. The van der Waals surface area contributed by atoms with E-state index in [1.807, 2.05) is 0 Å². The monoisotopic (exact) mass is 265 g/mol. The van der Waals surface area contributed by atoms with Crippen molar-refractivity contribution in [2.75, 3.05) is 0 Å². The first-order valence-electron chi connectivity index (χ1n) is 5.67. The first-order chi connectivity index (χ1) is 9.02. The van der Waals surface area contributed by atoms with E-state index in [1.165, 1.54) is 24.3 Å². The second-order valence-corrected chi connectivity index (χ2v) is 3.92. The van der Waals surface area contributed by atoms with Crippen LogP contribution in [0.3, 0.4) is 0 Å². The number of hydrogen-bond donors (Lipinski definition) is 1. The van der Waals surface area contributed by atoms with Crippen molar-refractivity contribution in [3.8, 4) is 11.8 Å². The van der Waals surface area contributed by atoms with E-state index in [4.69, 9.17) is 0 Å². The minimum atomic E-state index is -2.67. The smallest absolute Gasteiger partial charge is 0.299 e. The highest BCUT2D eigenvalue weighted by atomic mass is 19.3. The number of benzene rings is 1. The molecular formula is C14H13F2NO2. The van der Waals surface area contributed by atoms with Crippen molar-refractivity contribution in [2.45, 2.75) is 25.8 Å². The second kappa shape index (κ2) is 7.27. The first-order valence-corrected chi connectivity index (χ1v) is 5.67. The molecule has 100 valence electrons. The summed E-state index contributed by atoms with van der Waals surface area (Å²) in [5.74, 6) is 3.71. The van der Waals surface area contributed by atoms with Gasteiger partial charge in [0.2, 0.25) is 0 Å². The maximum atomic E-state index is 11.9. The van der Waals surface area contributed by atoms with Crippen LogP contribution in [0.15, 0.2) is 24.3 Å². The van der Waals surface area contributed by atoms with Crippen molar-refractivity contribution >= 4 is 12.2 Å². The zero-order valence-corrected chi connectivity index (χ0v) is 10.3. The zero-order valence-electron chi connectivity index (χ0n) is 10.3. The maximum absolute atomic E-state index is 11.9. The van der Waals surface area contributed by atoms with Gasteiger partial charge in [0.05, 0.1) is 0 Å². The van der Waals surface area contributed by atoms with Crippen LogP contribution in [0.1, 0.15) is 29.3 Å². The Morgan fingerprint density at radius 3 is 2.53 bits per heavy atom. The summed E-state index contributed by atoms with van der Waals surface area (Å²) >= 11 is 0. The summed E-state index contributed by atoms with van der Waals surface area (Å²) < 4.78 is 23.8. The predicted molar refractivity (Wildman–Crippen MR) is 66.9 cm³/mol. The Kier molecular flexibility index (Phi) is 5.68. The van der Waals surface area contributed by atoms with Gasteiger partial charge in [0.1, 0.15) is 6.29 Å². The lowest BCUT2D eigenvalue weighted by atomic mass is 10.1. The Labute approximate surface area is 110 Å². The fourth-order valence-corrected chi connectivity index (χ4v) is 1.35. The van der Waals surface area contributed by atoms with Gasteiger partial charge in [-0.2, -0.15) is 8.78 Å². The highest BCUT2D eigenvalue weighted by Gasteiger charge is 2.08. The highest BCUT2D eigenvalue weighted by Crippen LogP contribution is 2.04. The molecule has 1 N–H and O–H groups in total. The van der Waals surface area contributed by atoms with Gasteiger partial charge in [0, 0.05) is 23.6 Å². The summed E-state index contributed by atoms with van der Waals surface area (Å²) in [6.45, 7) is 1.72. The maximum Gasteiger partial charge on any atom is 0.299 e. The van der Waals surface area contributed by atoms with Gasteiger partial charge < -0.3 is 10.1 Å². The van der Waals surface area contributed by atoms with Crippen LogP contribution in [0, 0.1) is 11.8 Å². The standard InChI is InChI=1S/C14H13F2NO2/c1-10(8-9-18)17-14(19)12-5-2-11(3-6-12)4-7-13(15)16/h2-3,5-6,9-10,13H,8H2,1H3,(H,17,19). The summed E-state index contributed by atoms with van der Waals surface area (Å²) in [5, 5.41) is 2.64. The zero-order chi connectivity index (χ0) is 14.3. The number of halogens is 2. The molecule has 0 saturated heterocycles. The molecule has 1 rings (SSSR count). The van der Waals surface area contributed by atoms with Gasteiger partial charge in [-0.1, -0.05) is 5.92 Å². The molecule has 1 amide bonds. The van der Waals surface area contributed by atoms with E-state index in [2.05, 4.69) is 11.2 Å². The first kappa shape index (κ1) is 14.8. The van der Waals surface area contributed by atoms with Gasteiger partial charge >= 0.3 is 0 Å². The van der Waals surface area contributed by atoms with Crippen LogP contribution in [-0.4, -0.2) is 24.7 Å². The molecule has 0 radical (unpaired) electrons. The summed E-state index contributed by atoms with van der Waals surface area (Å²) in [5.41, 5.74) is 0.804. The van der Waals surface area contributed by atoms with Crippen molar-refractivity contribution in [2.24, 2.45) is 0 Å². The molecule has 1 aromatic carbocycles. The normalized spacial score (nSPS) is 11.4. The Morgan fingerprint density at radius 2 is 2.00 bits per heavy atom. The number of hydrogen-bond acceptors (Lipinski definition) is 2. The molecule has 3 nitrogen and oxygen atoms in total. The minimum Gasteiger partial charge on any atom is -0.349 e. The van der Waals surface area contributed by atoms with E-state index in [0.717, 1.165) is 6.29 Å². The largest absolute Gasteiger partial charge is 0.349 e. The number of carbonyl (C=O) groups is 2. The number of carbonyl (C=O) groups excluding carboxylic acids is 2. The quantitative estimate of drug-likeness (QED) is 0.668. The van der Waals surface area contributed by atoms with Gasteiger partial charge in [-0.15, -0.1) is 0 Å². The van der Waals surface area contributed by atoms with Crippen LogP contribution in [0.5, 0.6) is 0 Å². The highest BCUT2D eigenvalue weighted by molar-refractivity contribution is 5.94. The summed E-state index contributed by atoms with van der Waals surface area (Å²) in [7, 11) is 0. The lowest BCUT2D eigenvalue weighted by Crippen LogP contribution is -2.32. The molecule has 0 spiro atoms. The van der Waals surface area contributed by atoms with Crippen molar-refractivity contribution in [3.05, 3.63) is 35.4 Å². The van der Waals surface area contributed by atoms with Crippen molar-refractivity contribution in [3.63, 3.8) is 0 Å². The van der Waals surface area contributed by atoms with E-state index in [1.54, 1.807) is 12.8 Å². The summed E-state index contributed by atoms with van der Waals surface area (Å²) in [6, 6.07) is 5.74. The van der Waals surface area contributed by atoms with Crippen molar-refractivity contribution in [1.82, 2.24) is 5.32 Å². The lowest BCUT2D eigenvalue weighted by Gasteiger charge is -2.10. The third-order valence-electron chi connectivity index (χ3n) is 2.30.